The number of hydrogen-bond acceptors (Lipinski definition) is 7. The standard InChI is InChI=1S/C5H13N2O8P/c6-7-5(11)4(10)3(9)2(8)1-15-16(12,13)14/h2-4,8-10H,1,6H2,(H,7,11)(H2,12,13,14)/t2-,3-,4+/m1/s1. The number of rotatable bonds is 6. The third-order valence-corrected chi connectivity index (χ3v) is 2.03. The van der Waals surface area contributed by atoms with E-state index in [1.54, 1.807) is 0 Å². The monoisotopic (exact) mass is 260 g/mol. The number of aliphatic hydroxyl groups is 3. The minimum absolute atomic E-state index is 0.958. The Labute approximate surface area is 89.9 Å². The summed E-state index contributed by atoms with van der Waals surface area (Å²) in [5, 5.41) is 27.3. The maximum Gasteiger partial charge on any atom is 0.469 e. The minimum atomic E-state index is -4.80. The average Bonchev–Trinajstić information content (AvgIpc) is 2.21. The van der Waals surface area contributed by atoms with E-state index in [-0.39, 0.29) is 0 Å². The first-order chi connectivity index (χ1) is 7.19. The van der Waals surface area contributed by atoms with Crippen molar-refractivity contribution in [2.24, 2.45) is 5.84 Å². The van der Waals surface area contributed by atoms with Crippen molar-refractivity contribution in [3.63, 3.8) is 0 Å². The summed E-state index contributed by atoms with van der Waals surface area (Å²) >= 11 is 0. The van der Waals surface area contributed by atoms with Crippen molar-refractivity contribution in [1.82, 2.24) is 5.43 Å². The van der Waals surface area contributed by atoms with Gasteiger partial charge < -0.3 is 25.1 Å². The first-order valence-corrected chi connectivity index (χ1v) is 5.47. The zero-order valence-electron chi connectivity index (χ0n) is 7.92. The molecule has 0 spiro atoms. The van der Waals surface area contributed by atoms with E-state index in [9.17, 15) is 9.36 Å². The maximum absolute atomic E-state index is 10.7. The smallest absolute Gasteiger partial charge is 0.388 e. The topological polar surface area (TPSA) is 183 Å². The fourth-order valence-electron chi connectivity index (χ4n) is 0.723. The molecule has 8 N–H and O–H groups in total. The molecule has 11 heteroatoms. The summed E-state index contributed by atoms with van der Waals surface area (Å²) in [5.41, 5.74) is 1.52. The molecule has 0 aliphatic heterocycles. The summed E-state index contributed by atoms with van der Waals surface area (Å²) in [6, 6.07) is 0. The van der Waals surface area contributed by atoms with Gasteiger partial charge in [0.05, 0.1) is 6.61 Å². The first kappa shape index (κ1) is 15.4. The van der Waals surface area contributed by atoms with Gasteiger partial charge in [-0.3, -0.25) is 14.7 Å². The summed E-state index contributed by atoms with van der Waals surface area (Å²) in [7, 11) is -4.80. The van der Waals surface area contributed by atoms with Gasteiger partial charge in [0.15, 0.2) is 6.10 Å². The van der Waals surface area contributed by atoms with Crippen LogP contribution in [0.3, 0.4) is 0 Å². The SMILES string of the molecule is NNC(=O)[C@@H](O)[C@H](O)[C@H](O)COP(=O)(O)O. The molecular formula is C5H13N2O8P. The zero-order valence-corrected chi connectivity index (χ0v) is 8.82. The quantitative estimate of drug-likeness (QED) is 0.109. The van der Waals surface area contributed by atoms with E-state index in [4.69, 9.17) is 25.1 Å². The van der Waals surface area contributed by atoms with Crippen LogP contribution in [0.4, 0.5) is 0 Å². The number of hydrogen-bond donors (Lipinski definition) is 7. The highest BCUT2D eigenvalue weighted by Crippen LogP contribution is 2.35. The molecule has 0 saturated heterocycles. The lowest BCUT2D eigenvalue weighted by molar-refractivity contribution is -0.142. The van der Waals surface area contributed by atoms with Crippen molar-refractivity contribution >= 4 is 13.7 Å². The molecule has 0 heterocycles. The number of phosphoric acid groups is 1. The van der Waals surface area contributed by atoms with Crippen molar-refractivity contribution in [3.8, 4) is 0 Å². The van der Waals surface area contributed by atoms with E-state index < -0.39 is 38.6 Å². The predicted octanol–water partition coefficient (Wildman–Crippen LogP) is -3.83. The van der Waals surface area contributed by atoms with Crippen molar-refractivity contribution in [2.75, 3.05) is 6.61 Å². The van der Waals surface area contributed by atoms with Crippen LogP contribution < -0.4 is 11.3 Å². The highest BCUT2D eigenvalue weighted by molar-refractivity contribution is 7.46. The Morgan fingerprint density at radius 3 is 2.25 bits per heavy atom. The lowest BCUT2D eigenvalue weighted by Crippen LogP contribution is -2.50. The molecule has 96 valence electrons. The Morgan fingerprint density at radius 2 is 1.88 bits per heavy atom. The molecule has 10 nitrogen and oxygen atoms in total. The molecule has 16 heavy (non-hydrogen) atoms. The van der Waals surface area contributed by atoms with Crippen LogP contribution in [-0.4, -0.2) is 55.9 Å². The van der Waals surface area contributed by atoms with Gasteiger partial charge in [-0.2, -0.15) is 0 Å². The Balaban J connectivity index is 4.23. The number of carbonyl (C=O) groups is 1. The van der Waals surface area contributed by atoms with Crippen LogP contribution in [0.25, 0.3) is 0 Å². The number of aliphatic hydroxyl groups excluding tert-OH is 3. The van der Waals surface area contributed by atoms with Crippen LogP contribution in [0, 0.1) is 0 Å². The molecule has 0 aliphatic rings. The molecule has 0 aromatic rings. The second-order valence-electron chi connectivity index (χ2n) is 2.80. The van der Waals surface area contributed by atoms with E-state index in [0.717, 1.165) is 0 Å². The van der Waals surface area contributed by atoms with Crippen molar-refractivity contribution in [3.05, 3.63) is 0 Å². The lowest BCUT2D eigenvalue weighted by atomic mass is 10.1. The average molecular weight is 260 g/mol. The summed E-state index contributed by atoms with van der Waals surface area (Å²) in [6.07, 6.45) is -5.89. The minimum Gasteiger partial charge on any atom is -0.388 e. The summed E-state index contributed by atoms with van der Waals surface area (Å²) in [6.45, 7) is -0.958. The van der Waals surface area contributed by atoms with Crippen molar-refractivity contribution < 1.29 is 39.0 Å². The zero-order chi connectivity index (χ0) is 12.9. The van der Waals surface area contributed by atoms with Gasteiger partial charge in [0, 0.05) is 0 Å². The van der Waals surface area contributed by atoms with Crippen LogP contribution in [0.5, 0.6) is 0 Å². The largest absolute Gasteiger partial charge is 0.469 e. The molecule has 0 aromatic carbocycles. The number of carbonyl (C=O) groups excluding carboxylic acids is 1. The Hall–Kier alpha value is -0.580. The van der Waals surface area contributed by atoms with Crippen LogP contribution in [0.15, 0.2) is 0 Å². The summed E-state index contributed by atoms with van der Waals surface area (Å²) < 4.78 is 14.1. The molecule has 0 bridgehead atoms. The van der Waals surface area contributed by atoms with Gasteiger partial charge in [0.2, 0.25) is 0 Å². The van der Waals surface area contributed by atoms with E-state index in [1.807, 2.05) is 0 Å². The summed E-state index contributed by atoms with van der Waals surface area (Å²) in [5.74, 6) is 3.48. The van der Waals surface area contributed by atoms with Crippen LogP contribution in [-0.2, 0) is 13.9 Å². The second-order valence-corrected chi connectivity index (χ2v) is 4.04. The molecule has 0 saturated carbocycles. The fourth-order valence-corrected chi connectivity index (χ4v) is 1.07. The van der Waals surface area contributed by atoms with E-state index in [1.165, 1.54) is 5.43 Å². The van der Waals surface area contributed by atoms with E-state index >= 15 is 0 Å². The molecule has 0 radical (unpaired) electrons. The molecule has 1 amide bonds. The van der Waals surface area contributed by atoms with Crippen LogP contribution >= 0.6 is 7.82 Å². The van der Waals surface area contributed by atoms with Gasteiger partial charge in [-0.25, -0.2) is 10.4 Å². The van der Waals surface area contributed by atoms with Gasteiger partial charge >= 0.3 is 7.82 Å². The Kier molecular flexibility index (Phi) is 6.00. The van der Waals surface area contributed by atoms with Gasteiger partial charge in [-0.05, 0) is 0 Å². The van der Waals surface area contributed by atoms with Crippen molar-refractivity contribution in [2.45, 2.75) is 18.3 Å². The number of nitrogens with two attached hydrogens (primary N) is 1. The van der Waals surface area contributed by atoms with Gasteiger partial charge in [0.1, 0.15) is 12.2 Å². The fraction of sp³-hybridized carbons (Fsp3) is 0.800. The van der Waals surface area contributed by atoms with Crippen LogP contribution in [0.1, 0.15) is 0 Å². The lowest BCUT2D eigenvalue weighted by Gasteiger charge is -2.21. The van der Waals surface area contributed by atoms with E-state index in [2.05, 4.69) is 10.4 Å². The highest BCUT2D eigenvalue weighted by Gasteiger charge is 2.31. The van der Waals surface area contributed by atoms with E-state index in [0.29, 0.717) is 0 Å². The molecule has 0 rings (SSSR count). The van der Waals surface area contributed by atoms with Crippen molar-refractivity contribution in [1.29, 1.82) is 0 Å². The first-order valence-electron chi connectivity index (χ1n) is 3.93. The highest BCUT2D eigenvalue weighted by atomic mass is 31.2. The molecular weight excluding hydrogens is 247 g/mol. The second kappa shape index (κ2) is 6.23. The molecule has 3 atom stereocenters. The molecule has 0 aliphatic carbocycles. The van der Waals surface area contributed by atoms with Gasteiger partial charge in [-0.15, -0.1) is 0 Å². The van der Waals surface area contributed by atoms with Gasteiger partial charge in [-0.1, -0.05) is 0 Å². The Morgan fingerprint density at radius 1 is 1.38 bits per heavy atom. The third kappa shape index (κ3) is 5.49. The Bertz CT molecular complexity index is 280. The normalized spacial score (nSPS) is 17.6. The number of nitrogens with one attached hydrogen (secondary N) is 1. The molecule has 0 unspecified atom stereocenters. The maximum atomic E-state index is 10.7. The summed E-state index contributed by atoms with van der Waals surface area (Å²) in [4.78, 5) is 27.3. The van der Waals surface area contributed by atoms with Gasteiger partial charge in [0.25, 0.3) is 5.91 Å². The predicted molar refractivity (Wildman–Crippen MR) is 48.3 cm³/mol. The number of amides is 1. The molecule has 0 aromatic heterocycles. The third-order valence-electron chi connectivity index (χ3n) is 1.54. The van der Waals surface area contributed by atoms with Crippen LogP contribution in [0.2, 0.25) is 0 Å². The number of phosphoric ester groups is 1. The molecule has 0 fully saturated rings. The number of hydrazine groups is 1.